The average Bonchev–Trinajstić information content (AvgIpc) is 2.53. The van der Waals surface area contributed by atoms with Crippen LogP contribution in [-0.2, 0) is 0 Å². The Kier molecular flexibility index (Phi) is 2.28. The molecule has 0 saturated carbocycles. The molecule has 2 rings (SSSR count). The average molecular weight is 238 g/mol. The van der Waals surface area contributed by atoms with E-state index in [2.05, 4.69) is 33.4 Å². The predicted molar refractivity (Wildman–Crippen MR) is 56.3 cm³/mol. The second-order valence-electron chi connectivity index (χ2n) is 2.41. The van der Waals surface area contributed by atoms with E-state index in [9.17, 15) is 0 Å². The molecule has 0 unspecified atom stereocenters. The van der Waals surface area contributed by atoms with Gasteiger partial charge in [-0.05, 0) is 27.6 Å². The number of hydrogen-bond acceptors (Lipinski definition) is 1. The van der Waals surface area contributed by atoms with Crippen LogP contribution in [0.4, 0.5) is 0 Å². The highest BCUT2D eigenvalue weighted by molar-refractivity contribution is 9.10. The fourth-order valence-electron chi connectivity index (χ4n) is 1.04. The highest BCUT2D eigenvalue weighted by atomic mass is 79.9. The van der Waals surface area contributed by atoms with Crippen molar-refractivity contribution in [3.05, 3.63) is 46.3 Å². The highest BCUT2D eigenvalue weighted by Gasteiger charge is 2.02. The van der Waals surface area contributed by atoms with Gasteiger partial charge in [0.25, 0.3) is 0 Å². The van der Waals surface area contributed by atoms with E-state index in [-0.39, 0.29) is 0 Å². The van der Waals surface area contributed by atoms with Crippen molar-refractivity contribution >= 4 is 27.3 Å². The summed E-state index contributed by atoms with van der Waals surface area (Å²) in [6.07, 6.45) is 0. The molecular weight excluding hydrogens is 232 g/mol. The molecule has 0 amide bonds. The minimum atomic E-state index is 1.12. The summed E-state index contributed by atoms with van der Waals surface area (Å²) in [6, 6.07) is 12.3. The number of thiophene rings is 1. The Labute approximate surface area is 84.0 Å². The van der Waals surface area contributed by atoms with E-state index in [1.54, 1.807) is 11.3 Å². The van der Waals surface area contributed by atoms with Crippen LogP contribution in [-0.4, -0.2) is 0 Å². The Morgan fingerprint density at radius 1 is 1.17 bits per heavy atom. The number of hydrogen-bond donors (Lipinski definition) is 0. The van der Waals surface area contributed by atoms with Gasteiger partial charge >= 0.3 is 0 Å². The van der Waals surface area contributed by atoms with Crippen molar-refractivity contribution in [2.75, 3.05) is 0 Å². The van der Waals surface area contributed by atoms with Crippen LogP contribution in [0.25, 0.3) is 10.4 Å². The molecule has 2 aromatic rings. The van der Waals surface area contributed by atoms with E-state index in [0.717, 1.165) is 4.47 Å². The normalized spacial score (nSPS) is 10.1. The van der Waals surface area contributed by atoms with Crippen molar-refractivity contribution in [3.8, 4) is 10.4 Å². The number of benzene rings is 1. The summed E-state index contributed by atoms with van der Waals surface area (Å²) in [5, 5.41) is 3.09. The Morgan fingerprint density at radius 3 is 2.50 bits per heavy atom. The van der Waals surface area contributed by atoms with Gasteiger partial charge in [0, 0.05) is 14.7 Å². The molecule has 0 spiro atoms. The molecule has 0 aliphatic heterocycles. The molecule has 0 aliphatic rings. The lowest BCUT2D eigenvalue weighted by atomic mass is 10.2. The summed E-state index contributed by atoms with van der Waals surface area (Å²) in [7, 11) is 0. The first kappa shape index (κ1) is 8.02. The summed E-state index contributed by atoms with van der Waals surface area (Å²) in [5.41, 5.74) is 1.25. The van der Waals surface area contributed by atoms with Crippen LogP contribution in [0.1, 0.15) is 0 Å². The maximum atomic E-state index is 3.48. The van der Waals surface area contributed by atoms with Gasteiger partial charge in [-0.15, -0.1) is 11.3 Å². The van der Waals surface area contributed by atoms with Crippen molar-refractivity contribution < 1.29 is 0 Å². The van der Waals surface area contributed by atoms with Crippen molar-refractivity contribution in [2.24, 2.45) is 0 Å². The maximum absolute atomic E-state index is 3.48. The summed E-state index contributed by atoms with van der Waals surface area (Å²) in [4.78, 5) is 1.25. The largest absolute Gasteiger partial charge is 0.133 e. The number of rotatable bonds is 1. The zero-order chi connectivity index (χ0) is 8.39. The molecular formula is C10H6BrS. The quantitative estimate of drug-likeness (QED) is 0.704. The summed E-state index contributed by atoms with van der Waals surface area (Å²) in [5.74, 6) is 0. The van der Waals surface area contributed by atoms with E-state index in [4.69, 9.17) is 0 Å². The van der Waals surface area contributed by atoms with Gasteiger partial charge in [0.1, 0.15) is 0 Å². The number of halogens is 1. The van der Waals surface area contributed by atoms with Crippen LogP contribution in [0, 0.1) is 5.38 Å². The van der Waals surface area contributed by atoms with E-state index in [0.29, 0.717) is 0 Å². The van der Waals surface area contributed by atoms with Crippen LogP contribution in [0.5, 0.6) is 0 Å². The van der Waals surface area contributed by atoms with Crippen molar-refractivity contribution in [2.45, 2.75) is 0 Å². The van der Waals surface area contributed by atoms with E-state index >= 15 is 0 Å². The molecule has 0 atom stereocenters. The molecule has 0 N–H and O–H groups in total. The molecule has 1 heterocycles. The molecule has 2 heteroatoms. The maximum Gasteiger partial charge on any atom is 0.0491 e. The molecule has 59 valence electrons. The zero-order valence-electron chi connectivity index (χ0n) is 6.25. The van der Waals surface area contributed by atoms with Crippen LogP contribution >= 0.6 is 27.3 Å². The van der Waals surface area contributed by atoms with Crippen LogP contribution < -0.4 is 0 Å². The summed E-state index contributed by atoms with van der Waals surface area (Å²) < 4.78 is 1.12. The van der Waals surface area contributed by atoms with Crippen LogP contribution in [0.2, 0.25) is 0 Å². The molecule has 0 fully saturated rings. The Morgan fingerprint density at radius 2 is 1.92 bits per heavy atom. The van der Waals surface area contributed by atoms with Crippen molar-refractivity contribution in [3.63, 3.8) is 0 Å². The van der Waals surface area contributed by atoms with Crippen molar-refractivity contribution in [1.29, 1.82) is 0 Å². The van der Waals surface area contributed by atoms with E-state index in [1.165, 1.54) is 10.4 Å². The van der Waals surface area contributed by atoms with Crippen LogP contribution in [0.3, 0.4) is 0 Å². The van der Waals surface area contributed by atoms with E-state index in [1.807, 2.05) is 24.3 Å². The zero-order valence-corrected chi connectivity index (χ0v) is 8.65. The molecule has 0 bridgehead atoms. The minimum Gasteiger partial charge on any atom is -0.133 e. The molecule has 1 radical (unpaired) electrons. The Bertz CT molecular complexity index is 364. The highest BCUT2D eigenvalue weighted by Crippen LogP contribution is 2.32. The molecule has 0 saturated heterocycles. The summed E-state index contributed by atoms with van der Waals surface area (Å²) in [6.45, 7) is 0. The van der Waals surface area contributed by atoms with Crippen molar-refractivity contribution in [1.82, 2.24) is 0 Å². The topological polar surface area (TPSA) is 0 Å². The molecule has 1 aromatic heterocycles. The second-order valence-corrected chi connectivity index (χ2v) is 4.11. The van der Waals surface area contributed by atoms with E-state index < -0.39 is 0 Å². The second kappa shape index (κ2) is 3.42. The first-order valence-corrected chi connectivity index (χ1v) is 5.19. The summed E-state index contributed by atoms with van der Waals surface area (Å²) >= 11 is 5.11. The standard InChI is InChI=1S/C10H6BrS/c11-9-6-7-12-10(9)8-4-2-1-3-5-8/h1-6H. The van der Waals surface area contributed by atoms with Crippen LogP contribution in [0.15, 0.2) is 40.9 Å². The lowest BCUT2D eigenvalue weighted by Gasteiger charge is -1.96. The molecule has 0 aliphatic carbocycles. The predicted octanol–water partition coefficient (Wildman–Crippen LogP) is 3.98. The van der Waals surface area contributed by atoms with Gasteiger partial charge < -0.3 is 0 Å². The molecule has 12 heavy (non-hydrogen) atoms. The van der Waals surface area contributed by atoms with Gasteiger partial charge in [0.05, 0.1) is 0 Å². The van der Waals surface area contributed by atoms with Gasteiger partial charge in [0.2, 0.25) is 0 Å². The first-order valence-electron chi connectivity index (χ1n) is 3.59. The lowest BCUT2D eigenvalue weighted by molar-refractivity contribution is 1.68. The van der Waals surface area contributed by atoms with Gasteiger partial charge in [-0.1, -0.05) is 30.3 Å². The fraction of sp³-hybridized carbons (Fsp3) is 0. The lowest BCUT2D eigenvalue weighted by Crippen LogP contribution is -1.69. The fourth-order valence-corrected chi connectivity index (χ4v) is 2.48. The van der Waals surface area contributed by atoms with Gasteiger partial charge in [-0.2, -0.15) is 0 Å². The van der Waals surface area contributed by atoms with Gasteiger partial charge in [0.15, 0.2) is 0 Å². The first-order chi connectivity index (χ1) is 5.88. The Hall–Kier alpha value is -0.600. The van der Waals surface area contributed by atoms with Gasteiger partial charge in [-0.25, -0.2) is 0 Å². The third-order valence-electron chi connectivity index (χ3n) is 1.60. The SMILES string of the molecule is Brc1c[c]sc1-c1ccccc1. The third-order valence-corrected chi connectivity index (χ3v) is 3.38. The Balaban J connectivity index is 2.51. The monoisotopic (exact) mass is 237 g/mol. The minimum absolute atomic E-state index is 1.12. The molecule has 0 nitrogen and oxygen atoms in total. The third kappa shape index (κ3) is 1.45. The smallest absolute Gasteiger partial charge is 0.0491 e. The van der Waals surface area contributed by atoms with Gasteiger partial charge in [-0.3, -0.25) is 0 Å². The molecule has 1 aromatic carbocycles.